The van der Waals surface area contributed by atoms with E-state index in [1.54, 1.807) is 11.8 Å². The normalized spacial score (nSPS) is 19.4. The van der Waals surface area contributed by atoms with E-state index in [9.17, 15) is 5.11 Å². The minimum Gasteiger partial charge on any atom is -0.376 e. The zero-order chi connectivity index (χ0) is 15.2. The van der Waals surface area contributed by atoms with E-state index in [1.807, 2.05) is 72.8 Å². The molecule has 22 heavy (non-hydrogen) atoms. The Labute approximate surface area is 138 Å². The van der Waals surface area contributed by atoms with Gasteiger partial charge < -0.3 is 5.11 Å². The highest BCUT2D eigenvalue weighted by Gasteiger charge is 2.40. The second kappa shape index (κ2) is 5.17. The number of aliphatic hydroxyl groups is 1. The van der Waals surface area contributed by atoms with Crippen LogP contribution in [0.2, 0.25) is 5.02 Å². The maximum atomic E-state index is 11.7. The highest BCUT2D eigenvalue weighted by Crippen LogP contribution is 2.51. The quantitative estimate of drug-likeness (QED) is 0.673. The van der Waals surface area contributed by atoms with E-state index >= 15 is 0 Å². The fraction of sp³-hybridized carbons (Fsp3) is 0.0526. The van der Waals surface area contributed by atoms with Crippen LogP contribution in [0.1, 0.15) is 16.7 Å². The van der Waals surface area contributed by atoms with E-state index < -0.39 is 5.60 Å². The molecule has 0 saturated heterocycles. The Balaban J connectivity index is 2.07. The lowest BCUT2D eigenvalue weighted by atomic mass is 9.80. The van der Waals surface area contributed by atoms with E-state index in [1.165, 1.54) is 0 Å². The minimum absolute atomic E-state index is 0.632. The molecule has 0 bridgehead atoms. The van der Waals surface area contributed by atoms with Crippen LogP contribution in [0.4, 0.5) is 0 Å². The molecule has 3 heteroatoms. The third-order valence-corrected chi connectivity index (χ3v) is 5.41. The molecular weight excluding hydrogens is 312 g/mol. The number of halogens is 1. The summed E-state index contributed by atoms with van der Waals surface area (Å²) in [5.41, 5.74) is 1.42. The van der Waals surface area contributed by atoms with Gasteiger partial charge in [0.1, 0.15) is 5.60 Å². The molecule has 3 aromatic carbocycles. The predicted molar refractivity (Wildman–Crippen MR) is 90.6 cm³/mol. The summed E-state index contributed by atoms with van der Waals surface area (Å²) in [5.74, 6) is 0. The van der Waals surface area contributed by atoms with Crippen LogP contribution in [0, 0.1) is 0 Å². The van der Waals surface area contributed by atoms with Gasteiger partial charge in [0.05, 0.1) is 0 Å². The van der Waals surface area contributed by atoms with Gasteiger partial charge in [-0.15, -0.1) is 0 Å². The maximum absolute atomic E-state index is 11.7. The van der Waals surface area contributed by atoms with E-state index in [2.05, 4.69) is 0 Å². The molecule has 4 rings (SSSR count). The lowest BCUT2D eigenvalue weighted by molar-refractivity contribution is 0.118. The van der Waals surface area contributed by atoms with E-state index in [4.69, 9.17) is 11.6 Å². The second-order valence-electron chi connectivity index (χ2n) is 5.32. The molecular formula is C19H13ClOS. The zero-order valence-corrected chi connectivity index (χ0v) is 13.2. The monoisotopic (exact) mass is 324 g/mol. The molecule has 1 aliphatic rings. The van der Waals surface area contributed by atoms with Gasteiger partial charge in [-0.25, -0.2) is 0 Å². The summed E-state index contributed by atoms with van der Waals surface area (Å²) in [6.45, 7) is 0. The highest BCUT2D eigenvalue weighted by atomic mass is 35.5. The molecule has 1 aliphatic heterocycles. The molecule has 1 heterocycles. The minimum atomic E-state index is -1.18. The van der Waals surface area contributed by atoms with Crippen molar-refractivity contribution in [1.82, 2.24) is 0 Å². The van der Waals surface area contributed by atoms with Gasteiger partial charge in [0.2, 0.25) is 0 Å². The van der Waals surface area contributed by atoms with Crippen molar-refractivity contribution in [2.75, 3.05) is 0 Å². The Bertz CT molecular complexity index is 847. The van der Waals surface area contributed by atoms with Crippen LogP contribution in [0.25, 0.3) is 0 Å². The molecule has 3 aromatic rings. The fourth-order valence-electron chi connectivity index (χ4n) is 2.98. The first-order valence-electron chi connectivity index (χ1n) is 7.05. The lowest BCUT2D eigenvalue weighted by Crippen LogP contribution is -2.32. The summed E-state index contributed by atoms with van der Waals surface area (Å²) >= 11 is 7.87. The number of rotatable bonds is 1. The van der Waals surface area contributed by atoms with Crippen molar-refractivity contribution in [3.63, 3.8) is 0 Å². The maximum Gasteiger partial charge on any atom is 0.142 e. The van der Waals surface area contributed by atoms with Crippen LogP contribution < -0.4 is 0 Å². The first-order chi connectivity index (χ1) is 10.7. The fourth-order valence-corrected chi connectivity index (χ4v) is 4.32. The lowest BCUT2D eigenvalue weighted by Gasteiger charge is -2.36. The SMILES string of the molecule is O[C@@]1(c2ccccc2)c2ccccc2Sc2ccc(Cl)cc21. The Morgan fingerprint density at radius 2 is 1.45 bits per heavy atom. The molecule has 1 nitrogen and oxygen atoms in total. The summed E-state index contributed by atoms with van der Waals surface area (Å²) in [4.78, 5) is 2.11. The second-order valence-corrected chi connectivity index (χ2v) is 6.84. The average Bonchev–Trinajstić information content (AvgIpc) is 2.57. The molecule has 108 valence electrons. The van der Waals surface area contributed by atoms with Crippen molar-refractivity contribution in [2.24, 2.45) is 0 Å². The van der Waals surface area contributed by atoms with Crippen molar-refractivity contribution < 1.29 is 5.11 Å². The number of fused-ring (bicyclic) bond motifs is 2. The predicted octanol–water partition coefficient (Wildman–Crippen LogP) is 5.09. The third kappa shape index (κ3) is 1.99. The third-order valence-electron chi connectivity index (χ3n) is 4.02. The van der Waals surface area contributed by atoms with Crippen LogP contribution in [0.3, 0.4) is 0 Å². The number of hydrogen-bond donors (Lipinski definition) is 1. The molecule has 1 atom stereocenters. The van der Waals surface area contributed by atoms with Gasteiger partial charge in [0.15, 0.2) is 0 Å². The van der Waals surface area contributed by atoms with Crippen LogP contribution in [-0.2, 0) is 5.60 Å². The molecule has 0 spiro atoms. The smallest absolute Gasteiger partial charge is 0.142 e. The molecule has 0 radical (unpaired) electrons. The van der Waals surface area contributed by atoms with E-state index in [0.29, 0.717) is 5.02 Å². The van der Waals surface area contributed by atoms with Gasteiger partial charge in [0, 0.05) is 25.9 Å². The van der Waals surface area contributed by atoms with Crippen molar-refractivity contribution in [3.8, 4) is 0 Å². The number of hydrogen-bond acceptors (Lipinski definition) is 2. The first kappa shape index (κ1) is 13.9. The Morgan fingerprint density at radius 3 is 2.27 bits per heavy atom. The van der Waals surface area contributed by atoms with Crippen molar-refractivity contribution in [3.05, 3.63) is 94.5 Å². The first-order valence-corrected chi connectivity index (χ1v) is 8.24. The zero-order valence-electron chi connectivity index (χ0n) is 11.7. The van der Waals surface area contributed by atoms with E-state index in [0.717, 1.165) is 26.5 Å². The summed E-state index contributed by atoms with van der Waals surface area (Å²) in [6, 6.07) is 23.5. The van der Waals surface area contributed by atoms with Gasteiger partial charge in [-0.2, -0.15) is 0 Å². The largest absolute Gasteiger partial charge is 0.376 e. The van der Waals surface area contributed by atoms with Gasteiger partial charge in [0.25, 0.3) is 0 Å². The van der Waals surface area contributed by atoms with Crippen LogP contribution in [-0.4, -0.2) is 5.11 Å². The summed E-state index contributed by atoms with van der Waals surface area (Å²) in [7, 11) is 0. The Kier molecular flexibility index (Phi) is 3.26. The molecule has 0 aromatic heterocycles. The molecule has 0 fully saturated rings. The van der Waals surface area contributed by atoms with Gasteiger partial charge in [-0.05, 0) is 29.8 Å². The molecule has 0 aliphatic carbocycles. The average molecular weight is 325 g/mol. The molecule has 0 unspecified atom stereocenters. The molecule has 1 N–H and O–H groups in total. The summed E-state index contributed by atoms with van der Waals surface area (Å²) in [5, 5.41) is 12.3. The summed E-state index contributed by atoms with van der Waals surface area (Å²) in [6.07, 6.45) is 0. The topological polar surface area (TPSA) is 20.2 Å². The molecule has 0 amide bonds. The van der Waals surface area contributed by atoms with Crippen molar-refractivity contribution >= 4 is 23.4 Å². The highest BCUT2D eigenvalue weighted by molar-refractivity contribution is 7.99. The van der Waals surface area contributed by atoms with Crippen molar-refractivity contribution in [1.29, 1.82) is 0 Å². The van der Waals surface area contributed by atoms with Crippen LogP contribution in [0.5, 0.6) is 0 Å². The van der Waals surface area contributed by atoms with Gasteiger partial charge in [-0.3, -0.25) is 0 Å². The number of benzene rings is 3. The van der Waals surface area contributed by atoms with Crippen LogP contribution in [0.15, 0.2) is 82.6 Å². The molecule has 0 saturated carbocycles. The standard InChI is InChI=1S/C19H13ClOS/c20-14-10-11-18-16(12-14)19(21,13-6-2-1-3-7-13)15-8-4-5-9-17(15)22-18/h1-12,21H/t19-/m0/s1. The van der Waals surface area contributed by atoms with Gasteiger partial charge >= 0.3 is 0 Å². The van der Waals surface area contributed by atoms with Crippen molar-refractivity contribution in [2.45, 2.75) is 15.4 Å². The van der Waals surface area contributed by atoms with Crippen LogP contribution >= 0.6 is 23.4 Å². The van der Waals surface area contributed by atoms with Gasteiger partial charge in [-0.1, -0.05) is 71.9 Å². The van der Waals surface area contributed by atoms with E-state index in [-0.39, 0.29) is 0 Å². The Morgan fingerprint density at radius 1 is 0.773 bits per heavy atom. The Hall–Kier alpha value is -1.74. The summed E-state index contributed by atoms with van der Waals surface area (Å²) < 4.78 is 0.